The Morgan fingerprint density at radius 3 is 2.73 bits per heavy atom. The molecule has 1 aromatic rings. The first-order valence-electron chi connectivity index (χ1n) is 4.69. The van der Waals surface area contributed by atoms with Crippen LogP contribution in [0, 0.1) is 0 Å². The van der Waals surface area contributed by atoms with Crippen molar-refractivity contribution in [2.75, 3.05) is 12.0 Å². The lowest BCUT2D eigenvalue weighted by molar-refractivity contribution is -0.118. The van der Waals surface area contributed by atoms with Gasteiger partial charge in [0.05, 0.1) is 5.75 Å². The highest BCUT2D eigenvalue weighted by Gasteiger charge is 2.07. The third-order valence-electron chi connectivity index (χ3n) is 1.92. The number of hydrogen-bond donors (Lipinski definition) is 0. The Balaban J connectivity index is 2.26. The smallest absolute Gasteiger partial charge is 0.147 e. The van der Waals surface area contributed by atoms with Crippen LogP contribution in [-0.4, -0.2) is 26.2 Å². The number of rotatable bonds is 6. The van der Waals surface area contributed by atoms with E-state index in [-0.39, 0.29) is 11.5 Å². The van der Waals surface area contributed by atoms with E-state index >= 15 is 0 Å². The molecule has 0 unspecified atom stereocenters. The van der Waals surface area contributed by atoms with Crippen LogP contribution in [0.2, 0.25) is 0 Å². The van der Waals surface area contributed by atoms with Crippen molar-refractivity contribution in [3.63, 3.8) is 0 Å². The third kappa shape index (κ3) is 5.69. The van der Waals surface area contributed by atoms with Gasteiger partial charge in [-0.05, 0) is 17.9 Å². The molecule has 0 bridgehead atoms. The molecule has 0 aliphatic rings. The van der Waals surface area contributed by atoms with Crippen molar-refractivity contribution < 1.29 is 13.2 Å². The van der Waals surface area contributed by atoms with Crippen LogP contribution in [0.3, 0.4) is 0 Å². The van der Waals surface area contributed by atoms with Gasteiger partial charge < -0.3 is 0 Å². The Bertz CT molecular complexity index is 404. The molecule has 0 radical (unpaired) electrons. The van der Waals surface area contributed by atoms with E-state index in [4.69, 9.17) is 0 Å². The molecule has 1 rings (SSSR count). The highest BCUT2D eigenvalue weighted by atomic mass is 32.2. The van der Waals surface area contributed by atoms with E-state index in [1.165, 1.54) is 6.26 Å². The van der Waals surface area contributed by atoms with Gasteiger partial charge in [-0.25, -0.2) is 8.42 Å². The lowest BCUT2D eigenvalue weighted by atomic mass is 10.1. The van der Waals surface area contributed by atoms with Crippen LogP contribution in [0.1, 0.15) is 17.7 Å². The first-order chi connectivity index (χ1) is 6.97. The molecule has 0 saturated heterocycles. The summed E-state index contributed by atoms with van der Waals surface area (Å²) < 4.78 is 21.6. The van der Waals surface area contributed by atoms with Crippen molar-refractivity contribution in [2.24, 2.45) is 0 Å². The molecule has 5 heteroatoms. The molecule has 0 aliphatic carbocycles. The van der Waals surface area contributed by atoms with Gasteiger partial charge in [-0.15, -0.1) is 11.3 Å². The summed E-state index contributed by atoms with van der Waals surface area (Å²) in [6.45, 7) is 0. The largest absolute Gasteiger partial charge is 0.299 e. The lowest BCUT2D eigenvalue weighted by Crippen LogP contribution is -2.07. The number of sulfone groups is 1. The third-order valence-corrected chi connectivity index (χ3v) is 3.83. The van der Waals surface area contributed by atoms with Crippen LogP contribution < -0.4 is 0 Å². The maximum absolute atomic E-state index is 11.4. The number of hydrogen-bond acceptors (Lipinski definition) is 4. The van der Waals surface area contributed by atoms with Gasteiger partial charge in [0.25, 0.3) is 0 Å². The van der Waals surface area contributed by atoms with Crippen LogP contribution in [-0.2, 0) is 21.1 Å². The predicted molar refractivity (Wildman–Crippen MR) is 62.0 cm³/mol. The molecule has 3 nitrogen and oxygen atoms in total. The standard InChI is InChI=1S/C10H14O3S2/c1-15(12,13)7-3-4-9(11)8-10-5-2-6-14-10/h2,5-6H,3-4,7-8H2,1H3. The first kappa shape index (κ1) is 12.4. The molecule has 0 fully saturated rings. The van der Waals surface area contributed by atoms with E-state index in [2.05, 4.69) is 0 Å². The van der Waals surface area contributed by atoms with Crippen molar-refractivity contribution >= 4 is 27.0 Å². The van der Waals surface area contributed by atoms with Crippen LogP contribution in [0.5, 0.6) is 0 Å². The summed E-state index contributed by atoms with van der Waals surface area (Å²) in [5.74, 6) is 0.213. The average Bonchev–Trinajstić information content (AvgIpc) is 2.54. The summed E-state index contributed by atoms with van der Waals surface area (Å²) in [5.41, 5.74) is 0. The van der Waals surface area contributed by atoms with Crippen LogP contribution in [0.25, 0.3) is 0 Å². The van der Waals surface area contributed by atoms with Gasteiger partial charge in [0.15, 0.2) is 0 Å². The van der Waals surface area contributed by atoms with Crippen LogP contribution in [0.15, 0.2) is 17.5 Å². The maximum atomic E-state index is 11.4. The highest BCUT2D eigenvalue weighted by molar-refractivity contribution is 7.90. The monoisotopic (exact) mass is 246 g/mol. The lowest BCUT2D eigenvalue weighted by Gasteiger charge is -1.98. The Hall–Kier alpha value is -0.680. The van der Waals surface area contributed by atoms with Crippen molar-refractivity contribution in [3.8, 4) is 0 Å². The fraction of sp³-hybridized carbons (Fsp3) is 0.500. The van der Waals surface area contributed by atoms with Crippen LogP contribution in [0.4, 0.5) is 0 Å². The molecular weight excluding hydrogens is 232 g/mol. The van der Waals surface area contributed by atoms with Gasteiger partial charge in [0, 0.05) is 24.0 Å². The molecule has 0 aromatic carbocycles. The molecule has 15 heavy (non-hydrogen) atoms. The highest BCUT2D eigenvalue weighted by Crippen LogP contribution is 2.11. The summed E-state index contributed by atoms with van der Waals surface area (Å²) in [7, 11) is -2.93. The molecule has 0 spiro atoms. The van der Waals surface area contributed by atoms with Gasteiger partial charge in [0.1, 0.15) is 15.6 Å². The molecule has 1 aromatic heterocycles. The van der Waals surface area contributed by atoms with Crippen molar-refractivity contribution in [2.45, 2.75) is 19.3 Å². The van der Waals surface area contributed by atoms with E-state index < -0.39 is 9.84 Å². The molecular formula is C10H14O3S2. The normalized spacial score (nSPS) is 11.5. The van der Waals surface area contributed by atoms with Gasteiger partial charge in [-0.2, -0.15) is 0 Å². The van der Waals surface area contributed by atoms with E-state index in [0.717, 1.165) is 4.88 Å². The molecule has 0 saturated carbocycles. The molecule has 84 valence electrons. The predicted octanol–water partition coefficient (Wildman–Crippen LogP) is 1.68. The number of ketones is 1. The zero-order chi connectivity index (χ0) is 11.3. The van der Waals surface area contributed by atoms with Gasteiger partial charge in [-0.1, -0.05) is 6.07 Å². The van der Waals surface area contributed by atoms with Crippen molar-refractivity contribution in [1.29, 1.82) is 0 Å². The molecule has 0 N–H and O–H groups in total. The van der Waals surface area contributed by atoms with Gasteiger partial charge in [-0.3, -0.25) is 4.79 Å². The topological polar surface area (TPSA) is 51.2 Å². The van der Waals surface area contributed by atoms with E-state index in [9.17, 15) is 13.2 Å². The average molecular weight is 246 g/mol. The summed E-state index contributed by atoms with van der Waals surface area (Å²) in [6.07, 6.45) is 2.41. The Morgan fingerprint density at radius 1 is 1.47 bits per heavy atom. The summed E-state index contributed by atoms with van der Waals surface area (Å²) in [4.78, 5) is 12.4. The van der Waals surface area contributed by atoms with E-state index in [1.54, 1.807) is 11.3 Å². The Kier molecular flexibility index (Phi) is 4.47. The SMILES string of the molecule is CS(=O)(=O)CCCC(=O)Cc1cccs1. The number of carbonyl (C=O) groups excluding carboxylic acids is 1. The Morgan fingerprint density at radius 2 is 2.20 bits per heavy atom. The van der Waals surface area contributed by atoms with Gasteiger partial charge >= 0.3 is 0 Å². The second-order valence-electron chi connectivity index (χ2n) is 3.53. The maximum Gasteiger partial charge on any atom is 0.147 e. The summed E-state index contributed by atoms with van der Waals surface area (Å²) in [5, 5.41) is 1.93. The van der Waals surface area contributed by atoms with Gasteiger partial charge in [0.2, 0.25) is 0 Å². The quantitative estimate of drug-likeness (QED) is 0.767. The number of thiophene rings is 1. The van der Waals surface area contributed by atoms with Crippen molar-refractivity contribution in [1.82, 2.24) is 0 Å². The van der Waals surface area contributed by atoms with E-state index in [0.29, 0.717) is 19.3 Å². The fourth-order valence-electron chi connectivity index (χ4n) is 1.23. The van der Waals surface area contributed by atoms with Crippen LogP contribution >= 0.6 is 11.3 Å². The minimum atomic E-state index is -2.93. The Labute approximate surface area is 94.0 Å². The van der Waals surface area contributed by atoms with Crippen molar-refractivity contribution in [3.05, 3.63) is 22.4 Å². The second-order valence-corrected chi connectivity index (χ2v) is 6.82. The first-order valence-corrected chi connectivity index (χ1v) is 7.63. The fourth-order valence-corrected chi connectivity index (χ4v) is 2.63. The zero-order valence-electron chi connectivity index (χ0n) is 8.60. The summed E-state index contributed by atoms with van der Waals surface area (Å²) in [6, 6.07) is 3.82. The molecule has 0 aliphatic heterocycles. The molecule has 0 amide bonds. The number of carbonyl (C=O) groups is 1. The minimum absolute atomic E-state index is 0.100. The zero-order valence-corrected chi connectivity index (χ0v) is 10.2. The van der Waals surface area contributed by atoms with E-state index in [1.807, 2.05) is 17.5 Å². The second kappa shape index (κ2) is 5.42. The number of Topliss-reactive ketones (excluding diaryl/α,β-unsaturated/α-hetero) is 1. The minimum Gasteiger partial charge on any atom is -0.299 e. The summed E-state index contributed by atoms with van der Waals surface area (Å²) >= 11 is 1.55. The molecule has 1 heterocycles. The molecule has 0 atom stereocenters.